The number of hydrogen-bond acceptors (Lipinski definition) is 31. The predicted octanol–water partition coefficient (Wildman–Crippen LogP) is -4.89. The molecule has 3 heterocycles. The van der Waals surface area contributed by atoms with Crippen molar-refractivity contribution in [2.45, 2.75) is 246 Å². The summed E-state index contributed by atoms with van der Waals surface area (Å²) in [5.74, 6) is -3.11. The van der Waals surface area contributed by atoms with E-state index in [0.29, 0.717) is 76.2 Å². The van der Waals surface area contributed by atoms with Gasteiger partial charge in [0.1, 0.15) is 89.5 Å². The maximum absolute atomic E-state index is 14.2. The zero-order valence-corrected chi connectivity index (χ0v) is 66.2. The van der Waals surface area contributed by atoms with E-state index >= 15 is 0 Å². The molecule has 0 bridgehead atoms. The average Bonchev–Trinajstić information content (AvgIpc) is 0.821. The van der Waals surface area contributed by atoms with Gasteiger partial charge in [0.25, 0.3) is 5.91 Å². The Bertz CT molecular complexity index is 2890. The van der Waals surface area contributed by atoms with E-state index < -0.39 is 164 Å². The van der Waals surface area contributed by atoms with Gasteiger partial charge >= 0.3 is 0 Å². The van der Waals surface area contributed by atoms with Gasteiger partial charge in [-0.05, 0) is 102 Å². The minimum atomic E-state index is -1.53. The molecule has 3 fully saturated rings. The van der Waals surface area contributed by atoms with Crippen molar-refractivity contribution < 1.29 is 141 Å². The van der Waals surface area contributed by atoms with Gasteiger partial charge in [0.05, 0.1) is 71.5 Å². The summed E-state index contributed by atoms with van der Waals surface area (Å²) < 4.78 is 58.2. The van der Waals surface area contributed by atoms with Crippen LogP contribution in [0.3, 0.4) is 0 Å². The molecule has 3 aliphatic heterocycles. The van der Waals surface area contributed by atoms with Crippen LogP contribution in [-0.2, 0) is 85.8 Å². The first-order chi connectivity index (χ1) is 54.0. The third kappa shape index (κ3) is 38.4. The van der Waals surface area contributed by atoms with Crippen LogP contribution in [0.15, 0.2) is 24.3 Å². The molecule has 16 unspecified atom stereocenters. The third-order valence-corrected chi connectivity index (χ3v) is 18.1. The molecule has 0 saturated carbocycles. The summed E-state index contributed by atoms with van der Waals surface area (Å²) in [7, 11) is 0. The third-order valence-electron chi connectivity index (χ3n) is 18.0. The number of aliphatic hydroxyl groups is 9. The Morgan fingerprint density at radius 2 is 0.779 bits per heavy atom. The second-order valence-corrected chi connectivity index (χ2v) is 29.4. The molecule has 0 spiro atoms. The maximum Gasteiger partial charge on any atom is 0.251 e. The number of unbranched alkanes of at least 4 members (excludes halogenated alkanes) is 3. The molecule has 3 aliphatic rings. The van der Waals surface area contributed by atoms with E-state index in [0.717, 1.165) is 0 Å². The number of nitrogens with one attached hydrogen (secondary N) is 10. The molecule has 0 radical (unpaired) electrons. The molecule has 1 aromatic carbocycles. The van der Waals surface area contributed by atoms with Crippen molar-refractivity contribution in [1.29, 1.82) is 0 Å². The highest BCUT2D eigenvalue weighted by molar-refractivity contribution is 7.81. The van der Waals surface area contributed by atoms with Crippen LogP contribution >= 0.6 is 12.6 Å². The van der Waals surface area contributed by atoms with Crippen LogP contribution in [0.1, 0.15) is 148 Å². The summed E-state index contributed by atoms with van der Waals surface area (Å²) in [4.78, 5) is 126. The number of aliphatic hydroxyl groups excluding tert-OH is 9. The van der Waals surface area contributed by atoms with Crippen molar-refractivity contribution in [2.24, 2.45) is 0 Å². The van der Waals surface area contributed by atoms with E-state index in [-0.39, 0.29) is 161 Å². The van der Waals surface area contributed by atoms with Gasteiger partial charge in [-0.25, -0.2) is 0 Å². The van der Waals surface area contributed by atoms with E-state index in [1.165, 1.54) is 26.0 Å². The van der Waals surface area contributed by atoms with E-state index in [4.69, 9.17) is 47.4 Å². The van der Waals surface area contributed by atoms with Crippen LogP contribution in [0.25, 0.3) is 0 Å². The predicted molar refractivity (Wildman–Crippen MR) is 404 cm³/mol. The van der Waals surface area contributed by atoms with Crippen molar-refractivity contribution in [2.75, 3.05) is 119 Å². The fourth-order valence-electron chi connectivity index (χ4n) is 11.9. The number of amides is 9. The average molecular weight is 1640 g/mol. The van der Waals surface area contributed by atoms with E-state index in [1.807, 2.05) is 0 Å². The number of aldehydes is 1. The molecule has 16 atom stereocenters. The molecule has 3 saturated heterocycles. The summed E-state index contributed by atoms with van der Waals surface area (Å²) in [6.07, 6.45) is -10.9. The molecule has 40 heteroatoms. The van der Waals surface area contributed by atoms with Gasteiger partial charge in [-0.1, -0.05) is 6.92 Å². The number of rotatable bonds is 58. The van der Waals surface area contributed by atoms with Crippen LogP contribution in [0, 0.1) is 0 Å². The number of ether oxygens (including phenoxy) is 10. The smallest absolute Gasteiger partial charge is 0.251 e. The van der Waals surface area contributed by atoms with Crippen molar-refractivity contribution >= 4 is 72.1 Å². The lowest BCUT2D eigenvalue weighted by atomic mass is 9.96. The second kappa shape index (κ2) is 54.4. The van der Waals surface area contributed by atoms with Crippen molar-refractivity contribution in [3.63, 3.8) is 0 Å². The molecular formula is C73H124N10O29S. The fourth-order valence-corrected chi connectivity index (χ4v) is 12.0. The number of hydrogen-bond donors (Lipinski definition) is 20. The number of thiol groups is 1. The van der Waals surface area contributed by atoms with Gasteiger partial charge in [0.2, 0.25) is 47.3 Å². The van der Waals surface area contributed by atoms with E-state index in [2.05, 4.69) is 65.8 Å². The minimum absolute atomic E-state index is 0.0736. The Morgan fingerprint density at radius 3 is 1.08 bits per heavy atom. The van der Waals surface area contributed by atoms with Crippen LogP contribution in [0.2, 0.25) is 0 Å². The van der Waals surface area contributed by atoms with Crippen LogP contribution in [0.5, 0.6) is 5.75 Å². The second-order valence-electron chi connectivity index (χ2n) is 28.3. The summed E-state index contributed by atoms with van der Waals surface area (Å²) >= 11 is 4.43. The Morgan fingerprint density at radius 1 is 0.460 bits per heavy atom. The molecule has 0 aromatic heterocycles. The topological polar surface area (TPSA) is 565 Å². The van der Waals surface area contributed by atoms with Crippen molar-refractivity contribution in [1.82, 2.24) is 53.2 Å². The first-order valence-corrected chi connectivity index (χ1v) is 39.1. The number of benzene rings is 1. The lowest BCUT2D eigenvalue weighted by Crippen LogP contribution is -2.65. The van der Waals surface area contributed by atoms with Gasteiger partial charge in [-0.3, -0.25) is 48.5 Å². The van der Waals surface area contributed by atoms with Crippen molar-refractivity contribution in [3.8, 4) is 5.75 Å². The molecule has 0 aliphatic carbocycles. The molecule has 39 nitrogen and oxygen atoms in total. The van der Waals surface area contributed by atoms with Gasteiger partial charge in [-0.15, -0.1) is 12.6 Å². The number of carbonyl (C=O) groups excluding carboxylic acids is 10. The quantitative estimate of drug-likeness (QED) is 0.0126. The summed E-state index contributed by atoms with van der Waals surface area (Å²) in [5.41, 5.74) is -1.34. The first kappa shape index (κ1) is 98.9. The Balaban J connectivity index is 1.29. The molecule has 1 aromatic rings. The standard InChI is InChI=1S/C73H124N10O29S/c1-6-48(38-84)82-61-67(101)64(98)52(41-87)111-71(61)108-34-12-9-18-55(92)76-28-15-31-79-58(95)25-37-105-44-73(83-68(102)47-19-21-49(22-20-47)112-72(4,5)113,42-103-35-23-56(93)77-29-13-26-74-53(90)16-7-10-32-106-69-59(80-45(2)88)65(99)62(96)50(39-85)109-69)43-104-36-24-57(94)78-30-14-27-75-54(91)17-8-11-33-107-70-60(81-46(3)89)66(100)63(97)51(40-86)110-70/h19-22,38,48,50-52,59-67,69-71,82,85-87,96-101,113H,6-18,23-37,39-44H2,1-5H3,(H,74,90)(H,75,91)(H,76,92)(H,77,93)(H,78,94)(H,79,95)(H,80,88)(H,81,89)(H,83,102). The summed E-state index contributed by atoms with van der Waals surface area (Å²) in [5, 5.41) is 119. The zero-order chi connectivity index (χ0) is 83.3. The number of carbonyl (C=O) groups is 10. The first-order valence-electron chi connectivity index (χ1n) is 38.6. The summed E-state index contributed by atoms with van der Waals surface area (Å²) in [6.45, 7) is 6.05. The maximum atomic E-state index is 14.2. The molecule has 646 valence electrons. The zero-order valence-electron chi connectivity index (χ0n) is 65.3. The molecule has 19 N–H and O–H groups in total. The molecule has 9 amide bonds. The van der Waals surface area contributed by atoms with Crippen molar-refractivity contribution in [3.05, 3.63) is 29.8 Å². The Kier molecular flexibility index (Phi) is 47.6. The lowest BCUT2D eigenvalue weighted by Gasteiger charge is -2.43. The largest absolute Gasteiger partial charge is 0.477 e. The van der Waals surface area contributed by atoms with Gasteiger partial charge in [0.15, 0.2) is 18.9 Å². The summed E-state index contributed by atoms with van der Waals surface area (Å²) in [6, 6.07) is 2.41. The van der Waals surface area contributed by atoms with Crippen LogP contribution in [0.4, 0.5) is 0 Å². The highest BCUT2D eigenvalue weighted by Gasteiger charge is 2.48. The lowest BCUT2D eigenvalue weighted by molar-refractivity contribution is -0.271. The minimum Gasteiger partial charge on any atom is -0.477 e. The van der Waals surface area contributed by atoms with Gasteiger partial charge in [-0.2, -0.15) is 0 Å². The van der Waals surface area contributed by atoms with Crippen LogP contribution < -0.4 is 57.9 Å². The highest BCUT2D eigenvalue weighted by atomic mass is 32.1. The molecule has 4 rings (SSSR count). The monoisotopic (exact) mass is 1640 g/mol. The SMILES string of the molecule is CCC(C=O)NC1C(OCCCCC(=O)NCCCNC(=O)CCOCC(COCCC(=O)NCCCNC(=O)CCCCOC2OC(CO)C(O)C(O)C2NC(C)=O)(COCCC(=O)NCCCNC(=O)CCCCOC2OC(CO)C(O)C(O)C2NC(C)=O)NC(=O)c2ccc(OC(C)(C)S)cc2)OC(CO)C(O)C1O. The molecule has 113 heavy (non-hydrogen) atoms. The fraction of sp³-hybridized carbons (Fsp3) is 0.781. The van der Waals surface area contributed by atoms with E-state index in [1.54, 1.807) is 32.9 Å². The Hall–Kier alpha value is -6.49. The van der Waals surface area contributed by atoms with E-state index in [9.17, 15) is 93.9 Å². The van der Waals surface area contributed by atoms with Crippen LogP contribution in [-0.4, -0.2) is 332 Å². The Labute approximate surface area is 663 Å². The molecular weight excluding hydrogens is 1510 g/mol. The van der Waals surface area contributed by atoms with Gasteiger partial charge in [0, 0.05) is 117 Å². The van der Waals surface area contributed by atoms with Gasteiger partial charge < -0.3 is 146 Å². The highest BCUT2D eigenvalue weighted by Crippen LogP contribution is 2.27. The normalized spacial score (nSPS) is 24.5.